The molecule has 3 rings (SSSR count). The summed E-state index contributed by atoms with van der Waals surface area (Å²) in [5, 5.41) is 9.97. The van der Waals surface area contributed by atoms with Crippen LogP contribution in [0.15, 0.2) is 53.5 Å². The normalized spacial score (nSPS) is 13.6. The van der Waals surface area contributed by atoms with Gasteiger partial charge in [0, 0.05) is 56.8 Å². The number of hydrogen-bond donors (Lipinski definition) is 2. The molecule has 0 saturated carbocycles. The number of amides is 1. The van der Waals surface area contributed by atoms with E-state index in [0.29, 0.717) is 35.1 Å². The van der Waals surface area contributed by atoms with Gasteiger partial charge in [-0.2, -0.15) is 0 Å². The Labute approximate surface area is 221 Å². The van der Waals surface area contributed by atoms with Crippen molar-refractivity contribution in [2.45, 2.75) is 37.6 Å². The van der Waals surface area contributed by atoms with Gasteiger partial charge in [-0.05, 0) is 67.6 Å². The van der Waals surface area contributed by atoms with E-state index < -0.39 is 20.5 Å². The van der Waals surface area contributed by atoms with E-state index in [1.165, 1.54) is 29.2 Å². The third kappa shape index (κ3) is 6.47. The van der Waals surface area contributed by atoms with Crippen molar-refractivity contribution < 1.29 is 27.5 Å². The summed E-state index contributed by atoms with van der Waals surface area (Å²) in [5.41, 5.74) is 2.92. The number of carbonyl (C=O) groups is 1. The molecule has 0 fully saturated rings. The predicted octanol–water partition coefficient (Wildman–Crippen LogP) is 2.97. The zero-order valence-corrected chi connectivity index (χ0v) is 22.8. The van der Waals surface area contributed by atoms with Crippen LogP contribution in [0.2, 0.25) is 0 Å². The molecule has 0 saturated heterocycles. The molecule has 0 aliphatic carbocycles. The molecule has 0 spiro atoms. The molecule has 206 valence electrons. The van der Waals surface area contributed by atoms with Crippen LogP contribution in [-0.4, -0.2) is 67.3 Å². The zero-order valence-electron chi connectivity index (χ0n) is 22.0. The van der Waals surface area contributed by atoms with Crippen molar-refractivity contribution in [1.82, 2.24) is 14.9 Å². The Kier molecular flexibility index (Phi) is 9.42. The van der Waals surface area contributed by atoms with Gasteiger partial charge in [-0.3, -0.25) is 14.8 Å². The Hall–Kier alpha value is -3.12. The van der Waals surface area contributed by atoms with Crippen LogP contribution in [0.5, 0.6) is 0 Å². The molecular weight excluding hydrogens is 513 g/mol. The van der Waals surface area contributed by atoms with Crippen LogP contribution >= 0.6 is 0 Å². The molecule has 1 aromatic heterocycles. The summed E-state index contributed by atoms with van der Waals surface area (Å²) >= 11 is 0. The second-order valence-corrected chi connectivity index (χ2v) is 12.2. The van der Waals surface area contributed by atoms with E-state index >= 15 is 4.39 Å². The highest BCUT2D eigenvalue weighted by Gasteiger charge is 2.43. The Morgan fingerprint density at radius 3 is 2.58 bits per heavy atom. The van der Waals surface area contributed by atoms with Gasteiger partial charge in [0.1, 0.15) is 5.82 Å². The van der Waals surface area contributed by atoms with Crippen LogP contribution in [0.4, 0.5) is 4.39 Å². The number of aromatic nitrogens is 1. The van der Waals surface area contributed by atoms with Gasteiger partial charge in [-0.1, -0.05) is 18.2 Å². The van der Waals surface area contributed by atoms with E-state index in [0.717, 1.165) is 24.8 Å². The maximum Gasteiger partial charge on any atom is 0.264 e. The largest absolute Gasteiger partial charge is 0.385 e. The lowest BCUT2D eigenvalue weighted by molar-refractivity contribution is -0.131. The Bertz CT molecular complexity index is 1470. The van der Waals surface area contributed by atoms with Crippen molar-refractivity contribution in [3.05, 3.63) is 70.4 Å². The number of halogens is 1. The predicted molar refractivity (Wildman–Crippen MR) is 144 cm³/mol. The Morgan fingerprint density at radius 1 is 1.21 bits per heavy atom. The fraction of sp³-hybridized carbons (Fsp3) is 0.407. The highest BCUT2D eigenvalue weighted by Crippen LogP contribution is 2.27. The molecule has 1 heterocycles. The number of hydroxylamine groups is 1. The van der Waals surface area contributed by atoms with Gasteiger partial charge in [0.2, 0.25) is 0 Å². The number of fused-ring (bicyclic) bond motifs is 1. The Balaban J connectivity index is 1.82. The number of nitrogens with zero attached hydrogens (tertiary/aromatic N) is 2. The number of ether oxygens (including phenoxy) is 1. The van der Waals surface area contributed by atoms with Gasteiger partial charge >= 0.3 is 0 Å². The molecule has 1 atom stereocenters. The van der Waals surface area contributed by atoms with Crippen molar-refractivity contribution in [2.24, 2.45) is 0 Å². The minimum absolute atomic E-state index is 0.0660. The zero-order chi connectivity index (χ0) is 28.1. The molecule has 2 N–H and O–H groups in total. The summed E-state index contributed by atoms with van der Waals surface area (Å²) in [7, 11) is -0.253. The highest BCUT2D eigenvalue weighted by molar-refractivity contribution is 7.92. The van der Waals surface area contributed by atoms with Crippen molar-refractivity contribution in [3.8, 4) is 11.1 Å². The van der Waals surface area contributed by atoms with Crippen LogP contribution in [0.25, 0.3) is 21.9 Å². The van der Waals surface area contributed by atoms with Crippen LogP contribution < -0.4 is 11.0 Å². The van der Waals surface area contributed by atoms with Crippen molar-refractivity contribution >= 4 is 26.5 Å². The molecule has 11 heteroatoms. The lowest BCUT2D eigenvalue weighted by Crippen LogP contribution is -2.49. The lowest BCUT2D eigenvalue weighted by atomic mass is 10.00. The van der Waals surface area contributed by atoms with Crippen LogP contribution in [0, 0.1) is 5.82 Å². The van der Waals surface area contributed by atoms with Crippen LogP contribution in [0.1, 0.15) is 25.3 Å². The van der Waals surface area contributed by atoms with Gasteiger partial charge < -0.3 is 14.2 Å². The fourth-order valence-corrected chi connectivity index (χ4v) is 5.16. The van der Waals surface area contributed by atoms with Gasteiger partial charge in [-0.25, -0.2) is 18.3 Å². The number of nitrogens with one attached hydrogen (secondary N) is 1. The number of rotatable bonds is 12. The van der Waals surface area contributed by atoms with Gasteiger partial charge in [0.15, 0.2) is 14.6 Å². The SMILES string of the molecule is COCCCN(C)Cc1ccc(-c2ccc3c(=O)n(CC[C@](C)(C(=O)NO)S(C)(=O)=O)ccc3c2)c(F)c1. The van der Waals surface area contributed by atoms with E-state index in [2.05, 4.69) is 4.90 Å². The summed E-state index contributed by atoms with van der Waals surface area (Å²) < 4.78 is 43.9. The lowest BCUT2D eigenvalue weighted by Gasteiger charge is -2.25. The number of pyridine rings is 1. The van der Waals surface area contributed by atoms with E-state index in [-0.39, 0.29) is 24.3 Å². The standard InChI is InChI=1S/C27H34FN3O6S/c1-27(26(33)29-34,38(4,35)36)11-14-31-13-10-21-17-20(7-9-23(21)25(31)32)22-8-6-19(16-24(22)28)18-30(2)12-5-15-37-3/h6-10,13,16-17,34H,5,11-12,14-15,18H2,1-4H3,(H,29,33)/t27-/m1/s1. The molecular formula is C27H34FN3O6S. The fourth-order valence-electron chi connectivity index (χ4n) is 4.31. The topological polar surface area (TPSA) is 118 Å². The summed E-state index contributed by atoms with van der Waals surface area (Å²) in [6.07, 6.45) is 3.08. The van der Waals surface area contributed by atoms with Gasteiger partial charge in [-0.15, -0.1) is 0 Å². The van der Waals surface area contributed by atoms with E-state index in [1.807, 2.05) is 13.1 Å². The average Bonchev–Trinajstić information content (AvgIpc) is 2.87. The maximum absolute atomic E-state index is 15.0. The summed E-state index contributed by atoms with van der Waals surface area (Å²) in [6, 6.07) is 11.8. The second kappa shape index (κ2) is 12.2. The molecule has 0 unspecified atom stereocenters. The molecule has 0 bridgehead atoms. The number of hydrogen-bond acceptors (Lipinski definition) is 7. The van der Waals surface area contributed by atoms with Crippen molar-refractivity contribution in [2.75, 3.05) is 33.6 Å². The van der Waals surface area contributed by atoms with Crippen LogP contribution in [-0.2, 0) is 32.5 Å². The molecule has 2 aromatic carbocycles. The second-order valence-electron chi connectivity index (χ2n) is 9.71. The van der Waals surface area contributed by atoms with E-state index in [4.69, 9.17) is 9.94 Å². The Morgan fingerprint density at radius 2 is 1.95 bits per heavy atom. The average molecular weight is 548 g/mol. The monoisotopic (exact) mass is 547 g/mol. The molecule has 0 radical (unpaired) electrons. The van der Waals surface area contributed by atoms with Crippen molar-refractivity contribution in [3.63, 3.8) is 0 Å². The first-order valence-corrected chi connectivity index (χ1v) is 14.0. The molecule has 3 aromatic rings. The van der Waals surface area contributed by atoms with E-state index in [1.54, 1.807) is 37.4 Å². The molecule has 38 heavy (non-hydrogen) atoms. The van der Waals surface area contributed by atoms with Crippen LogP contribution in [0.3, 0.4) is 0 Å². The molecule has 0 aliphatic rings. The summed E-state index contributed by atoms with van der Waals surface area (Å²) in [4.78, 5) is 27.2. The minimum atomic E-state index is -3.89. The summed E-state index contributed by atoms with van der Waals surface area (Å²) in [5.74, 6) is -1.42. The smallest absolute Gasteiger partial charge is 0.264 e. The first-order chi connectivity index (χ1) is 17.9. The van der Waals surface area contributed by atoms with Crippen molar-refractivity contribution in [1.29, 1.82) is 0 Å². The number of aryl methyl sites for hydroxylation is 1. The molecule has 9 nitrogen and oxygen atoms in total. The maximum atomic E-state index is 15.0. The number of methoxy groups -OCH3 is 1. The van der Waals surface area contributed by atoms with Gasteiger partial charge in [0.25, 0.3) is 11.5 Å². The third-order valence-electron chi connectivity index (χ3n) is 6.89. The number of benzene rings is 2. The minimum Gasteiger partial charge on any atom is -0.385 e. The first-order valence-electron chi connectivity index (χ1n) is 12.1. The first kappa shape index (κ1) is 29.4. The number of sulfone groups is 1. The molecule has 1 amide bonds. The quantitative estimate of drug-likeness (QED) is 0.203. The molecule has 0 aliphatic heterocycles. The van der Waals surface area contributed by atoms with Gasteiger partial charge in [0.05, 0.1) is 0 Å². The summed E-state index contributed by atoms with van der Waals surface area (Å²) in [6.45, 7) is 3.25. The highest BCUT2D eigenvalue weighted by atomic mass is 32.2. The third-order valence-corrected chi connectivity index (χ3v) is 8.92. The number of carbonyl (C=O) groups excluding carboxylic acids is 1. The van der Waals surface area contributed by atoms with E-state index in [9.17, 15) is 18.0 Å².